The van der Waals surface area contributed by atoms with Gasteiger partial charge in [0, 0.05) is 16.9 Å². The van der Waals surface area contributed by atoms with E-state index in [-0.39, 0.29) is 23.7 Å². The van der Waals surface area contributed by atoms with Gasteiger partial charge in [-0.05, 0) is 37.0 Å². The lowest BCUT2D eigenvalue weighted by atomic mass is 9.87. The van der Waals surface area contributed by atoms with E-state index >= 15 is 0 Å². The number of aliphatic carboxylic acids is 1. The number of amides is 1. The Labute approximate surface area is 158 Å². The van der Waals surface area contributed by atoms with Crippen LogP contribution in [0.4, 0.5) is 0 Å². The first-order valence-electron chi connectivity index (χ1n) is 9.31. The SMILES string of the molecule is Cc1ccccc1C(CC(=O)O)NC(=O)[C@@H]1C[C@]12CCOc1ccccc12. The molecular formula is C22H23NO4. The van der Waals surface area contributed by atoms with Crippen molar-refractivity contribution in [3.63, 3.8) is 0 Å². The summed E-state index contributed by atoms with van der Waals surface area (Å²) >= 11 is 0. The number of carboxylic acids is 1. The number of fused-ring (bicyclic) bond motifs is 2. The summed E-state index contributed by atoms with van der Waals surface area (Å²) in [6.07, 6.45) is 1.47. The largest absolute Gasteiger partial charge is 0.493 e. The molecule has 1 saturated carbocycles. The van der Waals surface area contributed by atoms with Gasteiger partial charge in [0.1, 0.15) is 5.75 Å². The number of ether oxygens (including phenoxy) is 1. The Morgan fingerprint density at radius 2 is 1.96 bits per heavy atom. The number of hydrogen-bond acceptors (Lipinski definition) is 3. The number of para-hydroxylation sites is 1. The Bertz CT molecular complexity index is 893. The fourth-order valence-corrected chi connectivity index (χ4v) is 4.37. The van der Waals surface area contributed by atoms with Crippen LogP contribution in [0.25, 0.3) is 0 Å². The lowest BCUT2D eigenvalue weighted by Crippen LogP contribution is -2.34. The second kappa shape index (κ2) is 6.72. The van der Waals surface area contributed by atoms with E-state index in [2.05, 4.69) is 5.32 Å². The molecule has 1 aliphatic heterocycles. The van der Waals surface area contributed by atoms with E-state index in [1.165, 1.54) is 0 Å². The molecule has 5 nitrogen and oxygen atoms in total. The molecule has 4 rings (SSSR count). The molecule has 0 radical (unpaired) electrons. The number of carbonyl (C=O) groups excluding carboxylic acids is 1. The maximum absolute atomic E-state index is 13.0. The lowest BCUT2D eigenvalue weighted by Gasteiger charge is -2.27. The van der Waals surface area contributed by atoms with Crippen LogP contribution in [0.5, 0.6) is 5.75 Å². The maximum atomic E-state index is 13.0. The van der Waals surface area contributed by atoms with Crippen molar-refractivity contribution in [1.29, 1.82) is 0 Å². The zero-order valence-corrected chi connectivity index (χ0v) is 15.3. The van der Waals surface area contributed by atoms with Gasteiger partial charge in [-0.25, -0.2) is 0 Å². The van der Waals surface area contributed by atoms with Crippen LogP contribution in [0.15, 0.2) is 48.5 Å². The molecule has 1 fully saturated rings. The van der Waals surface area contributed by atoms with Gasteiger partial charge in [0.05, 0.1) is 19.1 Å². The minimum atomic E-state index is -0.925. The first-order chi connectivity index (χ1) is 13.0. The van der Waals surface area contributed by atoms with Crippen molar-refractivity contribution < 1.29 is 19.4 Å². The second-order valence-electron chi connectivity index (χ2n) is 7.52. The van der Waals surface area contributed by atoms with E-state index in [9.17, 15) is 14.7 Å². The number of rotatable bonds is 5. The molecule has 1 aliphatic carbocycles. The first-order valence-corrected chi connectivity index (χ1v) is 9.31. The van der Waals surface area contributed by atoms with Crippen LogP contribution in [0, 0.1) is 12.8 Å². The van der Waals surface area contributed by atoms with Gasteiger partial charge in [0.2, 0.25) is 5.91 Å². The van der Waals surface area contributed by atoms with Crippen LogP contribution in [-0.4, -0.2) is 23.6 Å². The highest BCUT2D eigenvalue weighted by Crippen LogP contribution is 2.60. The van der Waals surface area contributed by atoms with Crippen molar-refractivity contribution in [3.8, 4) is 5.75 Å². The minimum Gasteiger partial charge on any atom is -0.493 e. The van der Waals surface area contributed by atoms with Crippen LogP contribution >= 0.6 is 0 Å². The third-order valence-corrected chi connectivity index (χ3v) is 5.88. The minimum absolute atomic E-state index is 0.0683. The van der Waals surface area contributed by atoms with Crippen LogP contribution in [-0.2, 0) is 15.0 Å². The predicted molar refractivity (Wildman–Crippen MR) is 101 cm³/mol. The normalized spacial score (nSPS) is 23.8. The van der Waals surface area contributed by atoms with Crippen molar-refractivity contribution in [2.24, 2.45) is 5.92 Å². The van der Waals surface area contributed by atoms with Crippen molar-refractivity contribution in [2.75, 3.05) is 6.61 Å². The average Bonchev–Trinajstić information content (AvgIpc) is 3.36. The molecular weight excluding hydrogens is 342 g/mol. The molecule has 1 unspecified atom stereocenters. The van der Waals surface area contributed by atoms with E-state index in [0.717, 1.165) is 35.3 Å². The Morgan fingerprint density at radius 1 is 1.22 bits per heavy atom. The summed E-state index contributed by atoms with van der Waals surface area (Å²) in [4.78, 5) is 24.4. The smallest absolute Gasteiger partial charge is 0.305 e. The van der Waals surface area contributed by atoms with Crippen molar-refractivity contribution >= 4 is 11.9 Å². The molecule has 3 atom stereocenters. The molecule has 2 aliphatic rings. The van der Waals surface area contributed by atoms with Gasteiger partial charge in [0.25, 0.3) is 0 Å². The molecule has 5 heteroatoms. The van der Waals surface area contributed by atoms with E-state index in [1.54, 1.807) is 0 Å². The number of nitrogens with one attached hydrogen (secondary N) is 1. The zero-order chi connectivity index (χ0) is 19.0. The van der Waals surface area contributed by atoms with E-state index in [4.69, 9.17) is 4.74 Å². The summed E-state index contributed by atoms with van der Waals surface area (Å²) in [5, 5.41) is 12.3. The summed E-state index contributed by atoms with van der Waals surface area (Å²) in [5.74, 6) is -0.269. The van der Waals surface area contributed by atoms with Gasteiger partial charge in [-0.15, -0.1) is 0 Å². The summed E-state index contributed by atoms with van der Waals surface area (Å²) in [7, 11) is 0. The third kappa shape index (κ3) is 3.18. The Balaban J connectivity index is 1.55. The highest BCUT2D eigenvalue weighted by atomic mass is 16.5. The van der Waals surface area contributed by atoms with E-state index in [1.807, 2.05) is 55.5 Å². The van der Waals surface area contributed by atoms with Crippen LogP contribution in [0.2, 0.25) is 0 Å². The monoisotopic (exact) mass is 365 g/mol. The highest BCUT2D eigenvalue weighted by Gasteiger charge is 2.61. The van der Waals surface area contributed by atoms with Crippen molar-refractivity contribution in [1.82, 2.24) is 5.32 Å². The molecule has 1 amide bonds. The molecule has 0 saturated heterocycles. The van der Waals surface area contributed by atoms with Gasteiger partial charge < -0.3 is 15.2 Å². The predicted octanol–water partition coefficient (Wildman–Crippen LogP) is 3.37. The van der Waals surface area contributed by atoms with E-state index < -0.39 is 12.0 Å². The van der Waals surface area contributed by atoms with Crippen molar-refractivity contribution in [2.45, 2.75) is 37.6 Å². The molecule has 27 heavy (non-hydrogen) atoms. The molecule has 2 N–H and O–H groups in total. The molecule has 0 bridgehead atoms. The summed E-state index contributed by atoms with van der Waals surface area (Å²) < 4.78 is 5.74. The first kappa shape index (κ1) is 17.6. The van der Waals surface area contributed by atoms with Crippen LogP contribution in [0.3, 0.4) is 0 Å². The second-order valence-corrected chi connectivity index (χ2v) is 7.52. The quantitative estimate of drug-likeness (QED) is 0.852. The fraction of sp³-hybridized carbons (Fsp3) is 0.364. The maximum Gasteiger partial charge on any atom is 0.305 e. The van der Waals surface area contributed by atoms with Gasteiger partial charge in [-0.2, -0.15) is 0 Å². The Morgan fingerprint density at radius 3 is 2.74 bits per heavy atom. The van der Waals surface area contributed by atoms with Gasteiger partial charge in [-0.1, -0.05) is 42.5 Å². The van der Waals surface area contributed by atoms with Gasteiger partial charge in [-0.3, -0.25) is 9.59 Å². The average molecular weight is 365 g/mol. The molecule has 2 aromatic rings. The van der Waals surface area contributed by atoms with Crippen LogP contribution in [0.1, 0.15) is 42.0 Å². The number of benzene rings is 2. The van der Waals surface area contributed by atoms with Gasteiger partial charge >= 0.3 is 5.97 Å². The molecule has 1 heterocycles. The highest BCUT2D eigenvalue weighted by molar-refractivity contribution is 5.85. The molecule has 0 aromatic heterocycles. The summed E-state index contributed by atoms with van der Waals surface area (Å²) in [6, 6.07) is 15.0. The topological polar surface area (TPSA) is 75.6 Å². The third-order valence-electron chi connectivity index (χ3n) is 5.88. The Kier molecular flexibility index (Phi) is 4.38. The number of carboxylic acid groups (broad SMARTS) is 1. The zero-order valence-electron chi connectivity index (χ0n) is 15.3. The fourth-order valence-electron chi connectivity index (χ4n) is 4.37. The van der Waals surface area contributed by atoms with Gasteiger partial charge in [0.15, 0.2) is 0 Å². The number of aryl methyl sites for hydroxylation is 1. The summed E-state index contributed by atoms with van der Waals surface area (Å²) in [5.41, 5.74) is 2.77. The van der Waals surface area contributed by atoms with Crippen molar-refractivity contribution in [3.05, 3.63) is 65.2 Å². The standard InChI is InChI=1S/C22H23NO4/c1-14-6-2-3-7-15(14)18(12-20(24)25)23-21(26)17-13-22(17)10-11-27-19-9-5-4-8-16(19)22/h2-9,17-18H,10-13H2,1H3,(H,23,26)(H,24,25)/t17-,18?,22-/m0/s1. The Hall–Kier alpha value is -2.82. The molecule has 140 valence electrons. The van der Waals surface area contributed by atoms with E-state index in [0.29, 0.717) is 6.61 Å². The summed E-state index contributed by atoms with van der Waals surface area (Å²) in [6.45, 7) is 2.54. The molecule has 1 spiro atoms. The van der Waals surface area contributed by atoms with Crippen LogP contribution < -0.4 is 10.1 Å². The molecule has 2 aromatic carbocycles. The lowest BCUT2D eigenvalue weighted by molar-refractivity contribution is -0.137. The number of hydrogen-bond donors (Lipinski definition) is 2. The number of carbonyl (C=O) groups is 2.